The van der Waals surface area contributed by atoms with Crippen molar-refractivity contribution < 1.29 is 19.1 Å². The van der Waals surface area contributed by atoms with Crippen molar-refractivity contribution in [2.45, 2.75) is 39.2 Å². The number of amides is 2. The third-order valence-electron chi connectivity index (χ3n) is 4.90. The molecule has 0 aliphatic heterocycles. The van der Waals surface area contributed by atoms with Crippen LogP contribution >= 0.6 is 0 Å². The molecule has 6 heteroatoms. The molecule has 29 heavy (non-hydrogen) atoms. The summed E-state index contributed by atoms with van der Waals surface area (Å²) in [5, 5.41) is 7.65. The first-order chi connectivity index (χ1) is 13.8. The molecule has 0 spiro atoms. The van der Waals surface area contributed by atoms with Gasteiger partial charge in [-0.25, -0.2) is 0 Å². The summed E-state index contributed by atoms with van der Waals surface area (Å²) in [5.74, 6) is -1.32. The van der Waals surface area contributed by atoms with Gasteiger partial charge in [-0.3, -0.25) is 14.4 Å². The lowest BCUT2D eigenvalue weighted by Gasteiger charge is -2.22. The summed E-state index contributed by atoms with van der Waals surface area (Å²) in [6.45, 7) is 3.98. The van der Waals surface area contributed by atoms with E-state index in [9.17, 15) is 14.4 Å². The molecular formula is C23H30N2O4. The summed E-state index contributed by atoms with van der Waals surface area (Å²) in [6.07, 6.45) is 0.900. The summed E-state index contributed by atoms with van der Waals surface area (Å²) in [4.78, 5) is 37.0. The number of esters is 1. The lowest BCUT2D eigenvalue weighted by Crippen LogP contribution is -2.49. The molecule has 0 aliphatic carbocycles. The summed E-state index contributed by atoms with van der Waals surface area (Å²) in [5.41, 5.74) is 0.950. The lowest BCUT2D eigenvalue weighted by molar-refractivity contribution is -0.144. The zero-order chi connectivity index (χ0) is 21.4. The van der Waals surface area contributed by atoms with Gasteiger partial charge < -0.3 is 15.4 Å². The van der Waals surface area contributed by atoms with Crippen molar-refractivity contribution in [3.63, 3.8) is 0 Å². The standard InChI is InChI=1S/C23H30N2O4/c1-15(2)11-19(14-21(26)29-4)22(27)25-20(23(28)24-3)13-16-9-10-17-7-5-6-8-18(17)12-16/h5-10,12,15,19-20H,11,13-14H2,1-4H3,(H,24,28)(H,25,27)/t19-,20+/m1/s1. The maximum atomic E-state index is 12.9. The minimum atomic E-state index is -0.721. The van der Waals surface area contributed by atoms with E-state index in [4.69, 9.17) is 4.74 Å². The Labute approximate surface area is 172 Å². The fourth-order valence-electron chi connectivity index (χ4n) is 3.41. The predicted octanol–water partition coefficient (Wildman–Crippen LogP) is 2.84. The van der Waals surface area contributed by atoms with Gasteiger partial charge in [0.15, 0.2) is 0 Å². The molecule has 2 atom stereocenters. The Balaban J connectivity index is 2.18. The molecule has 0 heterocycles. The maximum Gasteiger partial charge on any atom is 0.306 e. The van der Waals surface area contributed by atoms with Gasteiger partial charge in [0.1, 0.15) is 6.04 Å². The third kappa shape index (κ3) is 6.59. The first-order valence-corrected chi connectivity index (χ1v) is 9.90. The van der Waals surface area contributed by atoms with Gasteiger partial charge in [0.2, 0.25) is 11.8 Å². The van der Waals surface area contributed by atoms with Crippen LogP contribution in [0.2, 0.25) is 0 Å². The highest BCUT2D eigenvalue weighted by Crippen LogP contribution is 2.19. The second-order valence-corrected chi connectivity index (χ2v) is 7.67. The van der Waals surface area contributed by atoms with Gasteiger partial charge in [-0.2, -0.15) is 0 Å². The quantitative estimate of drug-likeness (QED) is 0.636. The van der Waals surface area contributed by atoms with Crippen LogP contribution < -0.4 is 10.6 Å². The molecule has 0 aromatic heterocycles. The zero-order valence-electron chi connectivity index (χ0n) is 17.5. The van der Waals surface area contributed by atoms with Crippen LogP contribution in [0.15, 0.2) is 42.5 Å². The number of hydrogen-bond acceptors (Lipinski definition) is 4. The van der Waals surface area contributed by atoms with Crippen LogP contribution in [0.1, 0.15) is 32.3 Å². The van der Waals surface area contributed by atoms with Gasteiger partial charge in [0, 0.05) is 19.4 Å². The Morgan fingerprint density at radius 1 is 1.00 bits per heavy atom. The molecule has 2 aromatic rings. The number of carbonyl (C=O) groups excluding carboxylic acids is 3. The van der Waals surface area contributed by atoms with E-state index in [1.807, 2.05) is 56.3 Å². The van der Waals surface area contributed by atoms with E-state index < -0.39 is 17.9 Å². The molecule has 156 valence electrons. The molecule has 0 unspecified atom stereocenters. The number of methoxy groups -OCH3 is 1. The second kappa shape index (κ2) is 10.6. The highest BCUT2D eigenvalue weighted by molar-refractivity contribution is 5.90. The van der Waals surface area contributed by atoms with Crippen LogP contribution in [0, 0.1) is 11.8 Å². The number of carbonyl (C=O) groups is 3. The molecule has 0 bridgehead atoms. The number of benzene rings is 2. The molecule has 6 nitrogen and oxygen atoms in total. The minimum absolute atomic E-state index is 0.00302. The van der Waals surface area contributed by atoms with Crippen molar-refractivity contribution in [3.05, 3.63) is 48.0 Å². The molecule has 0 saturated heterocycles. The van der Waals surface area contributed by atoms with Crippen molar-refractivity contribution in [3.8, 4) is 0 Å². The smallest absolute Gasteiger partial charge is 0.306 e. The van der Waals surface area contributed by atoms with E-state index in [0.717, 1.165) is 16.3 Å². The van der Waals surface area contributed by atoms with Crippen molar-refractivity contribution in [1.82, 2.24) is 10.6 Å². The number of fused-ring (bicyclic) bond motifs is 1. The highest BCUT2D eigenvalue weighted by atomic mass is 16.5. The summed E-state index contributed by atoms with van der Waals surface area (Å²) in [7, 11) is 2.85. The first kappa shape index (κ1) is 22.4. The Kier molecular flexibility index (Phi) is 8.19. The summed E-state index contributed by atoms with van der Waals surface area (Å²) >= 11 is 0. The highest BCUT2D eigenvalue weighted by Gasteiger charge is 2.28. The van der Waals surface area contributed by atoms with Gasteiger partial charge >= 0.3 is 5.97 Å². The SMILES string of the molecule is CNC(=O)[C@H](Cc1ccc2ccccc2c1)NC(=O)[C@@H](CC(=O)OC)CC(C)C. The van der Waals surface area contributed by atoms with Gasteiger partial charge in [-0.1, -0.05) is 56.3 Å². The number of nitrogens with one attached hydrogen (secondary N) is 2. The number of ether oxygens (including phenoxy) is 1. The molecular weight excluding hydrogens is 368 g/mol. The first-order valence-electron chi connectivity index (χ1n) is 9.90. The molecule has 0 fully saturated rings. The van der Waals surface area contributed by atoms with Gasteiger partial charge in [-0.15, -0.1) is 0 Å². The molecule has 0 radical (unpaired) electrons. The maximum absolute atomic E-state index is 12.9. The molecule has 2 aromatic carbocycles. The number of likely N-dealkylation sites (N-methyl/N-ethyl adjacent to an activating group) is 1. The largest absolute Gasteiger partial charge is 0.469 e. The van der Waals surface area contributed by atoms with E-state index in [2.05, 4.69) is 10.6 Å². The van der Waals surface area contributed by atoms with Gasteiger partial charge in [0.25, 0.3) is 0 Å². The minimum Gasteiger partial charge on any atom is -0.469 e. The van der Waals surface area contributed by atoms with Crippen LogP contribution in [0.25, 0.3) is 10.8 Å². The van der Waals surface area contributed by atoms with Crippen LogP contribution in [0.3, 0.4) is 0 Å². The molecule has 0 saturated carbocycles. The van der Waals surface area contributed by atoms with Crippen LogP contribution in [-0.2, 0) is 25.5 Å². The second-order valence-electron chi connectivity index (χ2n) is 7.67. The van der Waals surface area contributed by atoms with E-state index >= 15 is 0 Å². The van der Waals surface area contributed by atoms with Crippen LogP contribution in [-0.4, -0.2) is 38.0 Å². The Morgan fingerprint density at radius 3 is 2.31 bits per heavy atom. The number of hydrogen-bond donors (Lipinski definition) is 2. The molecule has 2 amide bonds. The monoisotopic (exact) mass is 398 g/mol. The average molecular weight is 399 g/mol. The molecule has 2 rings (SSSR count). The predicted molar refractivity (Wildman–Crippen MR) is 113 cm³/mol. The van der Waals surface area contributed by atoms with Gasteiger partial charge in [-0.05, 0) is 28.7 Å². The Hall–Kier alpha value is -2.89. The van der Waals surface area contributed by atoms with Crippen LogP contribution in [0.4, 0.5) is 0 Å². The fourth-order valence-corrected chi connectivity index (χ4v) is 3.41. The van der Waals surface area contributed by atoms with Crippen molar-refractivity contribution in [2.24, 2.45) is 11.8 Å². The normalized spacial score (nSPS) is 13.0. The zero-order valence-corrected chi connectivity index (χ0v) is 17.5. The third-order valence-corrected chi connectivity index (χ3v) is 4.90. The van der Waals surface area contributed by atoms with Crippen molar-refractivity contribution in [2.75, 3.05) is 14.2 Å². The molecule has 0 aliphatic rings. The van der Waals surface area contributed by atoms with E-state index in [0.29, 0.717) is 12.8 Å². The Morgan fingerprint density at radius 2 is 1.69 bits per heavy atom. The topological polar surface area (TPSA) is 84.5 Å². The van der Waals surface area contributed by atoms with E-state index in [1.54, 1.807) is 7.05 Å². The van der Waals surface area contributed by atoms with E-state index in [-0.39, 0.29) is 24.2 Å². The molecule has 2 N–H and O–H groups in total. The average Bonchev–Trinajstić information content (AvgIpc) is 2.71. The Bertz CT molecular complexity index is 863. The van der Waals surface area contributed by atoms with Crippen molar-refractivity contribution >= 4 is 28.6 Å². The van der Waals surface area contributed by atoms with Crippen LogP contribution in [0.5, 0.6) is 0 Å². The number of rotatable bonds is 9. The lowest BCUT2D eigenvalue weighted by atomic mass is 9.92. The fraction of sp³-hybridized carbons (Fsp3) is 0.435. The summed E-state index contributed by atoms with van der Waals surface area (Å²) in [6, 6.07) is 13.3. The summed E-state index contributed by atoms with van der Waals surface area (Å²) < 4.78 is 4.72. The van der Waals surface area contributed by atoms with Gasteiger partial charge in [0.05, 0.1) is 13.5 Å². The van der Waals surface area contributed by atoms with E-state index in [1.165, 1.54) is 7.11 Å². The van der Waals surface area contributed by atoms with Crippen molar-refractivity contribution in [1.29, 1.82) is 0 Å².